The molecule has 0 amide bonds. The second-order valence-electron chi connectivity index (χ2n) is 4.72. The number of halogens is 2. The highest BCUT2D eigenvalue weighted by Gasteiger charge is 2.22. The SMILES string of the molecule is CC1COCC(CC(O)c2ccc(F)cc2Br)N1. The molecule has 0 aromatic heterocycles. The lowest BCUT2D eigenvalue weighted by Crippen LogP contribution is -2.47. The van der Waals surface area contributed by atoms with E-state index in [1.807, 2.05) is 6.92 Å². The van der Waals surface area contributed by atoms with Crippen molar-refractivity contribution < 1.29 is 14.2 Å². The molecule has 100 valence electrons. The summed E-state index contributed by atoms with van der Waals surface area (Å²) in [6.07, 6.45) is -0.0828. The Bertz CT molecular complexity index is 416. The molecule has 0 spiro atoms. The first-order valence-corrected chi connectivity index (χ1v) is 6.82. The number of morpholine rings is 1. The molecule has 1 heterocycles. The molecule has 3 atom stereocenters. The van der Waals surface area contributed by atoms with E-state index in [1.54, 1.807) is 6.07 Å². The molecular weight excluding hydrogens is 301 g/mol. The van der Waals surface area contributed by atoms with Crippen LogP contribution in [-0.4, -0.2) is 30.4 Å². The highest BCUT2D eigenvalue weighted by atomic mass is 79.9. The minimum Gasteiger partial charge on any atom is -0.388 e. The van der Waals surface area contributed by atoms with Gasteiger partial charge in [0.15, 0.2) is 0 Å². The first-order valence-electron chi connectivity index (χ1n) is 6.03. The van der Waals surface area contributed by atoms with Gasteiger partial charge >= 0.3 is 0 Å². The maximum absolute atomic E-state index is 13.0. The molecular formula is C13H17BrFNO2. The zero-order chi connectivity index (χ0) is 13.1. The van der Waals surface area contributed by atoms with Crippen LogP contribution in [0.5, 0.6) is 0 Å². The van der Waals surface area contributed by atoms with Crippen LogP contribution in [-0.2, 0) is 4.74 Å². The Kier molecular flexibility index (Phi) is 4.72. The van der Waals surface area contributed by atoms with Crippen LogP contribution in [0.4, 0.5) is 4.39 Å². The van der Waals surface area contributed by atoms with E-state index in [0.29, 0.717) is 35.7 Å². The summed E-state index contributed by atoms with van der Waals surface area (Å²) >= 11 is 3.27. The quantitative estimate of drug-likeness (QED) is 0.899. The van der Waals surface area contributed by atoms with Crippen molar-refractivity contribution in [2.45, 2.75) is 31.5 Å². The van der Waals surface area contributed by atoms with Gasteiger partial charge in [-0.05, 0) is 31.0 Å². The van der Waals surface area contributed by atoms with E-state index in [-0.39, 0.29) is 11.9 Å². The van der Waals surface area contributed by atoms with Crippen LogP contribution in [0.15, 0.2) is 22.7 Å². The minimum absolute atomic E-state index is 0.126. The Labute approximate surface area is 114 Å². The van der Waals surface area contributed by atoms with Crippen LogP contribution in [0, 0.1) is 5.82 Å². The predicted octanol–water partition coefficient (Wildman–Crippen LogP) is 2.39. The number of hydrogen-bond donors (Lipinski definition) is 2. The summed E-state index contributed by atoms with van der Waals surface area (Å²) in [7, 11) is 0. The predicted molar refractivity (Wildman–Crippen MR) is 70.9 cm³/mol. The van der Waals surface area contributed by atoms with Crippen molar-refractivity contribution in [3.63, 3.8) is 0 Å². The molecule has 0 aliphatic carbocycles. The van der Waals surface area contributed by atoms with Gasteiger partial charge < -0.3 is 15.2 Å². The minimum atomic E-state index is -0.633. The number of ether oxygens (including phenoxy) is 1. The number of rotatable bonds is 3. The summed E-state index contributed by atoms with van der Waals surface area (Å²) < 4.78 is 19.0. The summed E-state index contributed by atoms with van der Waals surface area (Å²) in [5, 5.41) is 13.6. The summed E-state index contributed by atoms with van der Waals surface area (Å²) in [6, 6.07) is 4.76. The molecule has 3 nitrogen and oxygen atoms in total. The van der Waals surface area contributed by atoms with Gasteiger partial charge in [-0.25, -0.2) is 4.39 Å². The lowest BCUT2D eigenvalue weighted by molar-refractivity contribution is 0.0303. The summed E-state index contributed by atoms with van der Waals surface area (Å²) in [5.41, 5.74) is 0.705. The topological polar surface area (TPSA) is 41.5 Å². The maximum Gasteiger partial charge on any atom is 0.124 e. The monoisotopic (exact) mass is 317 g/mol. The van der Waals surface area contributed by atoms with Gasteiger partial charge in [0, 0.05) is 16.6 Å². The van der Waals surface area contributed by atoms with Crippen LogP contribution in [0.3, 0.4) is 0 Å². The Balaban J connectivity index is 2.00. The van der Waals surface area contributed by atoms with Crippen molar-refractivity contribution in [2.24, 2.45) is 0 Å². The van der Waals surface area contributed by atoms with Crippen LogP contribution < -0.4 is 5.32 Å². The Hall–Kier alpha value is -0.490. The lowest BCUT2D eigenvalue weighted by atomic mass is 10.0. The molecule has 2 N–H and O–H groups in total. The van der Waals surface area contributed by atoms with Crippen molar-refractivity contribution in [1.29, 1.82) is 0 Å². The van der Waals surface area contributed by atoms with Crippen molar-refractivity contribution in [2.75, 3.05) is 13.2 Å². The summed E-state index contributed by atoms with van der Waals surface area (Å²) in [6.45, 7) is 3.35. The highest BCUT2D eigenvalue weighted by molar-refractivity contribution is 9.10. The molecule has 5 heteroatoms. The van der Waals surface area contributed by atoms with Gasteiger partial charge in [-0.15, -0.1) is 0 Å². The first-order chi connectivity index (χ1) is 8.56. The van der Waals surface area contributed by atoms with Crippen molar-refractivity contribution in [1.82, 2.24) is 5.32 Å². The Morgan fingerprint density at radius 3 is 3.00 bits per heavy atom. The van der Waals surface area contributed by atoms with Crippen LogP contribution in [0.1, 0.15) is 25.0 Å². The molecule has 2 rings (SSSR count). The molecule has 1 aliphatic heterocycles. The van der Waals surface area contributed by atoms with Gasteiger partial charge in [-0.1, -0.05) is 22.0 Å². The van der Waals surface area contributed by atoms with Crippen LogP contribution >= 0.6 is 15.9 Å². The highest BCUT2D eigenvalue weighted by Crippen LogP contribution is 2.27. The summed E-state index contributed by atoms with van der Waals surface area (Å²) in [5.74, 6) is -0.314. The zero-order valence-electron chi connectivity index (χ0n) is 10.2. The van der Waals surface area contributed by atoms with Gasteiger partial charge in [-0.2, -0.15) is 0 Å². The average Bonchev–Trinajstić information content (AvgIpc) is 2.28. The number of aliphatic hydroxyl groups excluding tert-OH is 1. The third-order valence-electron chi connectivity index (χ3n) is 3.04. The van der Waals surface area contributed by atoms with Gasteiger partial charge in [0.1, 0.15) is 5.82 Å². The van der Waals surface area contributed by atoms with E-state index < -0.39 is 6.10 Å². The fraction of sp³-hybridized carbons (Fsp3) is 0.538. The Morgan fingerprint density at radius 1 is 1.56 bits per heavy atom. The van der Waals surface area contributed by atoms with E-state index in [4.69, 9.17) is 4.74 Å². The molecule has 0 saturated carbocycles. The first kappa shape index (κ1) is 13.9. The van der Waals surface area contributed by atoms with E-state index in [2.05, 4.69) is 21.2 Å². The van der Waals surface area contributed by atoms with Gasteiger partial charge in [0.2, 0.25) is 0 Å². The molecule has 1 aliphatic rings. The molecule has 1 aromatic rings. The molecule has 0 radical (unpaired) electrons. The molecule has 1 aromatic carbocycles. The van der Waals surface area contributed by atoms with Gasteiger partial charge in [-0.3, -0.25) is 0 Å². The maximum atomic E-state index is 13.0. The van der Waals surface area contributed by atoms with Crippen LogP contribution in [0.25, 0.3) is 0 Å². The number of aliphatic hydroxyl groups is 1. The number of nitrogens with one attached hydrogen (secondary N) is 1. The van der Waals surface area contributed by atoms with Crippen molar-refractivity contribution >= 4 is 15.9 Å². The van der Waals surface area contributed by atoms with E-state index in [9.17, 15) is 9.50 Å². The largest absolute Gasteiger partial charge is 0.388 e. The molecule has 18 heavy (non-hydrogen) atoms. The number of hydrogen-bond acceptors (Lipinski definition) is 3. The third kappa shape index (κ3) is 3.51. The van der Waals surface area contributed by atoms with E-state index in [0.717, 1.165) is 0 Å². The molecule has 1 fully saturated rings. The average molecular weight is 318 g/mol. The number of benzene rings is 1. The lowest BCUT2D eigenvalue weighted by Gasteiger charge is -2.30. The van der Waals surface area contributed by atoms with Gasteiger partial charge in [0.25, 0.3) is 0 Å². The zero-order valence-corrected chi connectivity index (χ0v) is 11.8. The third-order valence-corrected chi connectivity index (χ3v) is 3.72. The van der Waals surface area contributed by atoms with Crippen molar-refractivity contribution in [3.05, 3.63) is 34.1 Å². The smallest absolute Gasteiger partial charge is 0.124 e. The fourth-order valence-corrected chi connectivity index (χ4v) is 2.81. The molecule has 3 unspecified atom stereocenters. The van der Waals surface area contributed by atoms with Crippen LogP contribution in [0.2, 0.25) is 0 Å². The van der Waals surface area contributed by atoms with Crippen molar-refractivity contribution in [3.8, 4) is 0 Å². The molecule has 1 saturated heterocycles. The second kappa shape index (κ2) is 6.10. The second-order valence-corrected chi connectivity index (χ2v) is 5.57. The van der Waals surface area contributed by atoms with E-state index in [1.165, 1.54) is 12.1 Å². The Morgan fingerprint density at radius 2 is 2.33 bits per heavy atom. The van der Waals surface area contributed by atoms with Gasteiger partial charge in [0.05, 0.1) is 19.3 Å². The standard InChI is InChI=1S/C13H17BrFNO2/c1-8-6-18-7-10(16-8)5-13(17)11-3-2-9(15)4-12(11)14/h2-4,8,10,13,16-17H,5-7H2,1H3. The fourth-order valence-electron chi connectivity index (χ4n) is 2.19. The normalized spacial score (nSPS) is 26.0. The van der Waals surface area contributed by atoms with E-state index >= 15 is 0 Å². The summed E-state index contributed by atoms with van der Waals surface area (Å²) in [4.78, 5) is 0. The molecule has 0 bridgehead atoms.